The highest BCUT2D eigenvalue weighted by Crippen LogP contribution is 2.33. The summed E-state index contributed by atoms with van der Waals surface area (Å²) in [5, 5.41) is 13.7. The van der Waals surface area contributed by atoms with Gasteiger partial charge in [0, 0.05) is 29.3 Å². The molecule has 33 heavy (non-hydrogen) atoms. The van der Waals surface area contributed by atoms with Crippen molar-refractivity contribution < 1.29 is 9.59 Å². The standard InChI is InChI=1S/C23H26N6O3S/c30-20(10-2-1-8-18-21-17(14-33-18)25-22(31)26-21)24-16-7-5-6-15(12-16)13-29-23(32)28-11-4-3-9-19(28)27-29/h3-7,9,11-12,17-18,21H,1-2,8,10,13-14H2,(H,24,30)(H2,25,26,31)/t17-,18-,21-/m0/s1. The largest absolute Gasteiger partial charge is 0.350 e. The molecule has 3 atom stereocenters. The van der Waals surface area contributed by atoms with Crippen LogP contribution in [-0.4, -0.2) is 49.2 Å². The van der Waals surface area contributed by atoms with Gasteiger partial charge in [-0.2, -0.15) is 11.8 Å². The number of hydrogen-bond acceptors (Lipinski definition) is 5. The predicted molar refractivity (Wildman–Crippen MR) is 128 cm³/mol. The van der Waals surface area contributed by atoms with Gasteiger partial charge in [-0.1, -0.05) is 24.6 Å². The first kappa shape index (κ1) is 21.6. The summed E-state index contributed by atoms with van der Waals surface area (Å²) in [7, 11) is 0. The van der Waals surface area contributed by atoms with Crippen LogP contribution in [0.3, 0.4) is 0 Å². The van der Waals surface area contributed by atoms with Gasteiger partial charge >= 0.3 is 11.7 Å². The summed E-state index contributed by atoms with van der Waals surface area (Å²) in [6, 6.07) is 13.3. The molecular formula is C23H26N6O3S. The number of benzene rings is 1. The molecule has 2 saturated heterocycles. The second kappa shape index (κ2) is 9.30. The third kappa shape index (κ3) is 4.75. The predicted octanol–water partition coefficient (Wildman–Crippen LogP) is 2.21. The molecule has 3 amide bonds. The lowest BCUT2D eigenvalue weighted by atomic mass is 10.0. The number of fused-ring (bicyclic) bond motifs is 2. The van der Waals surface area contributed by atoms with E-state index < -0.39 is 0 Å². The summed E-state index contributed by atoms with van der Waals surface area (Å²) in [6.45, 7) is 0.330. The first-order chi connectivity index (χ1) is 16.1. The highest BCUT2D eigenvalue weighted by molar-refractivity contribution is 8.00. The van der Waals surface area contributed by atoms with Crippen LogP contribution in [0.2, 0.25) is 0 Å². The summed E-state index contributed by atoms with van der Waals surface area (Å²) < 4.78 is 2.93. The zero-order chi connectivity index (χ0) is 22.8. The van der Waals surface area contributed by atoms with E-state index in [-0.39, 0.29) is 29.7 Å². The Labute approximate surface area is 194 Å². The fourth-order valence-corrected chi connectivity index (χ4v) is 6.03. The Morgan fingerprint density at radius 2 is 2.06 bits per heavy atom. The normalized spacial score (nSPS) is 21.6. The van der Waals surface area contributed by atoms with Gasteiger partial charge in [0.15, 0.2) is 5.65 Å². The molecule has 2 aliphatic heterocycles. The van der Waals surface area contributed by atoms with Crippen molar-refractivity contribution in [3.8, 4) is 0 Å². The number of rotatable bonds is 8. The first-order valence-corrected chi connectivity index (χ1v) is 12.2. The SMILES string of the molecule is O=C(CCCC[C@@H]1SC[C@@H]2NC(=O)N[C@@H]21)Nc1cccc(Cn2nc3ccccn3c2=O)c1. The minimum atomic E-state index is -0.195. The fraction of sp³-hybridized carbons (Fsp3) is 0.391. The van der Waals surface area contributed by atoms with Crippen molar-refractivity contribution in [2.45, 2.75) is 49.6 Å². The van der Waals surface area contributed by atoms with Crippen LogP contribution in [0.4, 0.5) is 10.5 Å². The van der Waals surface area contributed by atoms with Gasteiger partial charge in [-0.15, -0.1) is 5.10 Å². The third-order valence-electron chi connectivity index (χ3n) is 6.11. The average molecular weight is 467 g/mol. The van der Waals surface area contributed by atoms with Gasteiger partial charge in [0.2, 0.25) is 5.91 Å². The molecular weight excluding hydrogens is 440 g/mol. The Bertz CT molecular complexity index is 1240. The molecule has 0 saturated carbocycles. The summed E-state index contributed by atoms with van der Waals surface area (Å²) >= 11 is 1.89. The molecule has 0 unspecified atom stereocenters. The number of amides is 3. The molecule has 5 rings (SSSR count). The number of anilines is 1. The maximum absolute atomic E-state index is 12.5. The first-order valence-electron chi connectivity index (χ1n) is 11.2. The fourth-order valence-electron chi connectivity index (χ4n) is 4.49. The number of aromatic nitrogens is 3. The number of urea groups is 1. The maximum atomic E-state index is 12.5. The third-order valence-corrected chi connectivity index (χ3v) is 7.62. The number of carbonyl (C=O) groups excluding carboxylic acids is 2. The smallest absolute Gasteiger partial charge is 0.332 e. The van der Waals surface area contributed by atoms with E-state index in [1.54, 1.807) is 18.3 Å². The van der Waals surface area contributed by atoms with Crippen LogP contribution < -0.4 is 21.6 Å². The van der Waals surface area contributed by atoms with Crippen LogP contribution in [0.15, 0.2) is 53.5 Å². The van der Waals surface area contributed by atoms with Gasteiger partial charge in [-0.3, -0.25) is 9.20 Å². The van der Waals surface area contributed by atoms with Crippen LogP contribution in [0.1, 0.15) is 31.2 Å². The molecule has 2 fully saturated rings. The van der Waals surface area contributed by atoms with Crippen molar-refractivity contribution in [2.24, 2.45) is 0 Å². The van der Waals surface area contributed by atoms with Crippen molar-refractivity contribution in [3.05, 3.63) is 64.7 Å². The summed E-state index contributed by atoms with van der Waals surface area (Å²) in [6.07, 6.45) is 4.89. The Kier molecular flexibility index (Phi) is 6.08. The van der Waals surface area contributed by atoms with E-state index in [2.05, 4.69) is 21.0 Å². The van der Waals surface area contributed by atoms with Gasteiger partial charge in [0.25, 0.3) is 0 Å². The number of pyridine rings is 1. The van der Waals surface area contributed by atoms with Crippen molar-refractivity contribution in [2.75, 3.05) is 11.1 Å². The zero-order valence-corrected chi connectivity index (χ0v) is 18.9. The Morgan fingerprint density at radius 3 is 2.94 bits per heavy atom. The minimum Gasteiger partial charge on any atom is -0.332 e. The summed E-state index contributed by atoms with van der Waals surface area (Å²) in [4.78, 5) is 36.4. The lowest BCUT2D eigenvalue weighted by Crippen LogP contribution is -2.36. The molecule has 172 valence electrons. The molecule has 0 bridgehead atoms. The highest BCUT2D eigenvalue weighted by atomic mass is 32.2. The van der Waals surface area contributed by atoms with Crippen molar-refractivity contribution >= 4 is 35.0 Å². The van der Waals surface area contributed by atoms with Gasteiger partial charge in [0.05, 0.1) is 18.6 Å². The highest BCUT2D eigenvalue weighted by Gasteiger charge is 2.42. The summed E-state index contributed by atoms with van der Waals surface area (Å²) in [5.41, 5.74) is 2.01. The van der Waals surface area contributed by atoms with Gasteiger partial charge in [-0.05, 0) is 42.7 Å². The number of thioether (sulfide) groups is 1. The van der Waals surface area contributed by atoms with Crippen LogP contribution in [0.25, 0.3) is 5.65 Å². The van der Waals surface area contributed by atoms with E-state index in [9.17, 15) is 14.4 Å². The lowest BCUT2D eigenvalue weighted by molar-refractivity contribution is -0.116. The summed E-state index contributed by atoms with van der Waals surface area (Å²) in [5.74, 6) is 0.927. The monoisotopic (exact) mass is 466 g/mol. The van der Waals surface area contributed by atoms with E-state index >= 15 is 0 Å². The molecule has 9 nitrogen and oxygen atoms in total. The van der Waals surface area contributed by atoms with Gasteiger partial charge < -0.3 is 16.0 Å². The molecule has 0 aliphatic carbocycles. The van der Waals surface area contributed by atoms with Crippen LogP contribution >= 0.6 is 11.8 Å². The van der Waals surface area contributed by atoms with Gasteiger partial charge in [-0.25, -0.2) is 14.3 Å². The molecule has 2 aliphatic rings. The molecule has 0 radical (unpaired) electrons. The van der Waals surface area contributed by atoms with Crippen molar-refractivity contribution in [1.82, 2.24) is 24.8 Å². The van der Waals surface area contributed by atoms with Gasteiger partial charge in [0.1, 0.15) is 0 Å². The molecule has 3 N–H and O–H groups in total. The molecule has 1 aromatic carbocycles. The van der Waals surface area contributed by atoms with Crippen LogP contribution in [-0.2, 0) is 11.3 Å². The topological polar surface area (TPSA) is 110 Å². The maximum Gasteiger partial charge on any atom is 0.350 e. The second-order valence-corrected chi connectivity index (χ2v) is 9.76. The van der Waals surface area contributed by atoms with Crippen LogP contribution in [0, 0.1) is 0 Å². The number of unbranched alkanes of at least 4 members (excludes halogenated alkanes) is 1. The molecule has 2 aromatic heterocycles. The minimum absolute atomic E-state index is 0.0233. The van der Waals surface area contributed by atoms with Crippen LogP contribution in [0.5, 0.6) is 0 Å². The van der Waals surface area contributed by atoms with Crippen molar-refractivity contribution in [1.29, 1.82) is 0 Å². The average Bonchev–Trinajstić information content (AvgIpc) is 3.45. The number of nitrogens with one attached hydrogen (secondary N) is 3. The van der Waals surface area contributed by atoms with Crippen molar-refractivity contribution in [3.63, 3.8) is 0 Å². The molecule has 10 heteroatoms. The molecule has 4 heterocycles. The Balaban J connectivity index is 1.11. The molecule has 0 spiro atoms. The van der Waals surface area contributed by atoms with E-state index in [0.29, 0.717) is 29.6 Å². The van der Waals surface area contributed by atoms with E-state index in [4.69, 9.17) is 0 Å². The molecule has 3 aromatic rings. The number of hydrogen-bond donors (Lipinski definition) is 3. The quantitative estimate of drug-likeness (QED) is 0.348. The zero-order valence-electron chi connectivity index (χ0n) is 18.1. The van der Waals surface area contributed by atoms with E-state index in [1.165, 1.54) is 9.08 Å². The Morgan fingerprint density at radius 1 is 1.15 bits per heavy atom. The Hall–Kier alpha value is -3.27. The second-order valence-electron chi connectivity index (χ2n) is 8.49. The lowest BCUT2D eigenvalue weighted by Gasteiger charge is -2.16. The van der Waals surface area contributed by atoms with E-state index in [0.717, 1.165) is 30.6 Å². The number of carbonyl (C=O) groups is 2. The number of nitrogens with zero attached hydrogens (tertiary/aromatic N) is 3. The van der Waals surface area contributed by atoms with E-state index in [1.807, 2.05) is 42.1 Å².